The van der Waals surface area contributed by atoms with E-state index in [1.54, 1.807) is 35.4 Å². The summed E-state index contributed by atoms with van der Waals surface area (Å²) in [6.07, 6.45) is 0. The van der Waals surface area contributed by atoms with Gasteiger partial charge in [-0.15, -0.1) is 11.3 Å². The van der Waals surface area contributed by atoms with E-state index in [1.165, 1.54) is 0 Å². The van der Waals surface area contributed by atoms with Crippen molar-refractivity contribution < 1.29 is 9.21 Å². The maximum Gasteiger partial charge on any atom is 0.289 e. The van der Waals surface area contributed by atoms with Gasteiger partial charge in [-0.05, 0) is 35.9 Å². The fourth-order valence-corrected chi connectivity index (χ4v) is 3.05. The van der Waals surface area contributed by atoms with Gasteiger partial charge in [-0.2, -0.15) is 0 Å². The lowest BCUT2D eigenvalue weighted by atomic mass is 10.3. The first-order chi connectivity index (χ1) is 9.63. The van der Waals surface area contributed by atoms with Crippen LogP contribution < -0.4 is 0 Å². The Morgan fingerprint density at radius 1 is 1.35 bits per heavy atom. The Bertz CT molecular complexity index is 732. The summed E-state index contributed by atoms with van der Waals surface area (Å²) in [5.74, 6) is 0.0229. The second-order valence-corrected chi connectivity index (χ2v) is 5.83. The molecular formula is C14H11ClN2O2S. The van der Waals surface area contributed by atoms with E-state index in [0.29, 0.717) is 6.54 Å². The SMILES string of the molecule is CN(Cc1nc2ccccc2s1)C(=O)c1ccc(Cl)o1. The molecular weight excluding hydrogens is 296 g/mol. The summed E-state index contributed by atoms with van der Waals surface area (Å²) in [7, 11) is 1.71. The van der Waals surface area contributed by atoms with Crippen molar-refractivity contribution >= 4 is 39.1 Å². The molecule has 102 valence electrons. The molecule has 0 aliphatic heterocycles. The number of amides is 1. The average molecular weight is 307 g/mol. The Balaban J connectivity index is 1.78. The van der Waals surface area contributed by atoms with Crippen LogP contribution in [0.3, 0.4) is 0 Å². The number of halogens is 1. The molecule has 20 heavy (non-hydrogen) atoms. The number of aromatic nitrogens is 1. The number of rotatable bonds is 3. The van der Waals surface area contributed by atoms with E-state index in [-0.39, 0.29) is 16.9 Å². The molecule has 0 aliphatic rings. The fourth-order valence-electron chi connectivity index (χ4n) is 1.88. The Morgan fingerprint density at radius 2 is 2.15 bits per heavy atom. The van der Waals surface area contributed by atoms with Crippen molar-refractivity contribution in [2.45, 2.75) is 6.54 Å². The topological polar surface area (TPSA) is 46.3 Å². The number of carbonyl (C=O) groups is 1. The molecule has 0 fully saturated rings. The third-order valence-corrected chi connectivity index (χ3v) is 4.07. The van der Waals surface area contributed by atoms with Crippen LogP contribution in [0.2, 0.25) is 5.22 Å². The van der Waals surface area contributed by atoms with E-state index in [9.17, 15) is 4.79 Å². The van der Waals surface area contributed by atoms with Gasteiger partial charge in [0.25, 0.3) is 5.91 Å². The third-order valence-electron chi connectivity index (χ3n) is 2.84. The van der Waals surface area contributed by atoms with Crippen molar-refractivity contribution in [2.75, 3.05) is 7.05 Å². The molecule has 1 amide bonds. The second-order valence-electron chi connectivity index (χ2n) is 4.34. The van der Waals surface area contributed by atoms with Crippen LogP contribution in [0.5, 0.6) is 0 Å². The Kier molecular flexibility index (Phi) is 3.46. The molecule has 0 unspecified atom stereocenters. The predicted octanol–water partition coefficient (Wildman–Crippen LogP) is 3.81. The molecule has 0 bridgehead atoms. The zero-order chi connectivity index (χ0) is 14.1. The molecule has 6 heteroatoms. The van der Waals surface area contributed by atoms with E-state index in [1.807, 2.05) is 24.3 Å². The monoisotopic (exact) mass is 306 g/mol. The molecule has 0 spiro atoms. The van der Waals surface area contributed by atoms with Gasteiger partial charge >= 0.3 is 0 Å². The summed E-state index contributed by atoms with van der Waals surface area (Å²) < 4.78 is 6.24. The van der Waals surface area contributed by atoms with Crippen LogP contribution in [-0.4, -0.2) is 22.8 Å². The number of carbonyl (C=O) groups excluding carboxylic acids is 1. The van der Waals surface area contributed by atoms with Crippen molar-refractivity contribution in [2.24, 2.45) is 0 Å². The van der Waals surface area contributed by atoms with Crippen LogP contribution >= 0.6 is 22.9 Å². The van der Waals surface area contributed by atoms with Crippen LogP contribution in [0, 0.1) is 0 Å². The quantitative estimate of drug-likeness (QED) is 0.739. The van der Waals surface area contributed by atoms with Crippen molar-refractivity contribution in [1.82, 2.24) is 9.88 Å². The first kappa shape index (κ1) is 13.1. The number of hydrogen-bond acceptors (Lipinski definition) is 4. The van der Waals surface area contributed by atoms with Crippen molar-refractivity contribution in [3.63, 3.8) is 0 Å². The fraction of sp³-hybridized carbons (Fsp3) is 0.143. The highest BCUT2D eigenvalue weighted by Crippen LogP contribution is 2.23. The smallest absolute Gasteiger partial charge is 0.289 e. The number of furan rings is 1. The lowest BCUT2D eigenvalue weighted by Crippen LogP contribution is -2.25. The summed E-state index contributed by atoms with van der Waals surface area (Å²) in [5.41, 5.74) is 0.953. The van der Waals surface area contributed by atoms with Gasteiger partial charge in [0.05, 0.1) is 16.8 Å². The second kappa shape index (κ2) is 5.26. The minimum Gasteiger partial charge on any atom is -0.440 e. The third kappa shape index (κ3) is 2.55. The van der Waals surface area contributed by atoms with Crippen LogP contribution in [0.4, 0.5) is 0 Å². The van der Waals surface area contributed by atoms with E-state index < -0.39 is 0 Å². The molecule has 2 aromatic heterocycles. The van der Waals surface area contributed by atoms with Crippen LogP contribution in [0.15, 0.2) is 40.8 Å². The van der Waals surface area contributed by atoms with Gasteiger partial charge in [0, 0.05) is 7.05 Å². The molecule has 0 N–H and O–H groups in total. The molecule has 0 aliphatic carbocycles. The molecule has 3 aromatic rings. The normalized spacial score (nSPS) is 10.9. The number of nitrogens with zero attached hydrogens (tertiary/aromatic N) is 2. The minimum absolute atomic E-state index is 0.210. The van der Waals surface area contributed by atoms with Gasteiger partial charge in [0.2, 0.25) is 0 Å². The number of para-hydroxylation sites is 1. The largest absolute Gasteiger partial charge is 0.440 e. The van der Waals surface area contributed by atoms with Crippen molar-refractivity contribution in [1.29, 1.82) is 0 Å². The van der Waals surface area contributed by atoms with Crippen LogP contribution in [0.25, 0.3) is 10.2 Å². The van der Waals surface area contributed by atoms with E-state index in [4.69, 9.17) is 16.0 Å². The Morgan fingerprint density at radius 3 is 2.85 bits per heavy atom. The van der Waals surface area contributed by atoms with Gasteiger partial charge < -0.3 is 9.32 Å². The summed E-state index contributed by atoms with van der Waals surface area (Å²) in [6, 6.07) is 11.0. The predicted molar refractivity (Wildman–Crippen MR) is 79.1 cm³/mol. The van der Waals surface area contributed by atoms with Gasteiger partial charge in [0.1, 0.15) is 5.01 Å². The number of fused-ring (bicyclic) bond motifs is 1. The number of thiazole rings is 1. The maximum atomic E-state index is 12.1. The number of benzene rings is 1. The summed E-state index contributed by atoms with van der Waals surface area (Å²) in [4.78, 5) is 18.2. The molecule has 0 atom stereocenters. The van der Waals surface area contributed by atoms with Gasteiger partial charge in [-0.25, -0.2) is 4.98 Å². The highest BCUT2D eigenvalue weighted by molar-refractivity contribution is 7.18. The van der Waals surface area contributed by atoms with Crippen LogP contribution in [-0.2, 0) is 6.54 Å². The van der Waals surface area contributed by atoms with Crippen molar-refractivity contribution in [3.05, 3.63) is 52.4 Å². The molecule has 0 saturated heterocycles. The minimum atomic E-state index is -0.212. The maximum absolute atomic E-state index is 12.1. The first-order valence-electron chi connectivity index (χ1n) is 5.99. The van der Waals surface area contributed by atoms with Gasteiger partial charge in [0.15, 0.2) is 11.0 Å². The summed E-state index contributed by atoms with van der Waals surface area (Å²) in [5, 5.41) is 1.10. The lowest BCUT2D eigenvalue weighted by Gasteiger charge is -2.13. The van der Waals surface area contributed by atoms with E-state index in [2.05, 4.69) is 4.98 Å². The molecule has 1 aromatic carbocycles. The summed E-state index contributed by atoms with van der Waals surface area (Å²) >= 11 is 7.26. The van der Waals surface area contributed by atoms with Gasteiger partial charge in [-0.3, -0.25) is 4.79 Å². The molecule has 0 radical (unpaired) electrons. The van der Waals surface area contributed by atoms with E-state index in [0.717, 1.165) is 15.2 Å². The van der Waals surface area contributed by atoms with Gasteiger partial charge in [-0.1, -0.05) is 12.1 Å². The standard InChI is InChI=1S/C14H11ClN2O2S/c1-17(14(18)10-6-7-12(15)19-10)8-13-16-9-4-2-3-5-11(9)20-13/h2-7H,8H2,1H3. The lowest BCUT2D eigenvalue weighted by molar-refractivity contribution is 0.0753. The summed E-state index contributed by atoms with van der Waals surface area (Å²) in [6.45, 7) is 0.441. The molecule has 2 heterocycles. The average Bonchev–Trinajstić information content (AvgIpc) is 3.03. The molecule has 4 nitrogen and oxygen atoms in total. The zero-order valence-corrected chi connectivity index (χ0v) is 12.2. The molecule has 0 saturated carbocycles. The highest BCUT2D eigenvalue weighted by Gasteiger charge is 2.17. The zero-order valence-electron chi connectivity index (χ0n) is 10.7. The Labute approximate surface area is 124 Å². The highest BCUT2D eigenvalue weighted by atomic mass is 35.5. The number of hydrogen-bond donors (Lipinski definition) is 0. The first-order valence-corrected chi connectivity index (χ1v) is 7.18. The van der Waals surface area contributed by atoms with E-state index >= 15 is 0 Å². The van der Waals surface area contributed by atoms with Crippen molar-refractivity contribution in [3.8, 4) is 0 Å². The van der Waals surface area contributed by atoms with Crippen LogP contribution in [0.1, 0.15) is 15.6 Å². The Hall–Kier alpha value is -1.85. The molecule has 3 rings (SSSR count).